The van der Waals surface area contributed by atoms with Crippen LogP contribution in [-0.2, 0) is 9.53 Å². The van der Waals surface area contributed by atoms with Gasteiger partial charge >= 0.3 is 0 Å². The molecule has 204 valence electrons. The van der Waals surface area contributed by atoms with Gasteiger partial charge in [-0.15, -0.1) is 0 Å². The van der Waals surface area contributed by atoms with Gasteiger partial charge in [0.2, 0.25) is 0 Å². The molecule has 5 aliphatic carbocycles. The van der Waals surface area contributed by atoms with E-state index >= 15 is 0 Å². The van der Waals surface area contributed by atoms with Crippen molar-refractivity contribution in [3.05, 3.63) is 23.8 Å². The Morgan fingerprint density at radius 2 is 1.97 bits per heavy atom. The normalized spacial score (nSPS) is 42.2. The van der Waals surface area contributed by atoms with Crippen molar-refractivity contribution in [3.8, 4) is 0 Å². The molecule has 0 aromatic rings. The smallest absolute Gasteiger partial charge is 0.159 e. The average Bonchev–Trinajstić information content (AvgIpc) is 3.23. The lowest BCUT2D eigenvalue weighted by Gasteiger charge is -2.62. The summed E-state index contributed by atoms with van der Waals surface area (Å²) in [7, 11) is 1.87. The first-order chi connectivity index (χ1) is 17.7. The van der Waals surface area contributed by atoms with E-state index in [9.17, 15) is 13.6 Å². The van der Waals surface area contributed by atoms with Crippen molar-refractivity contribution in [3.63, 3.8) is 0 Å². The van der Waals surface area contributed by atoms with Crippen LogP contribution in [0, 0.1) is 46.3 Å². The quantitative estimate of drug-likeness (QED) is 0.275. The van der Waals surface area contributed by atoms with Crippen LogP contribution < -0.4 is 0 Å². The monoisotopic (exact) mass is 515 g/mol. The average molecular weight is 516 g/mol. The van der Waals surface area contributed by atoms with Crippen molar-refractivity contribution in [2.24, 2.45) is 56.5 Å². The first-order valence-electron chi connectivity index (χ1n) is 14.3. The predicted molar refractivity (Wildman–Crippen MR) is 142 cm³/mol. The number of methoxy groups -OCH3 is 1. The zero-order valence-corrected chi connectivity index (χ0v) is 22.7. The van der Waals surface area contributed by atoms with Crippen LogP contribution in [0.3, 0.4) is 0 Å². The van der Waals surface area contributed by atoms with Crippen LogP contribution in [-0.4, -0.2) is 43.6 Å². The number of allylic oxidation sites excluding steroid dienone is 4. The summed E-state index contributed by atoms with van der Waals surface area (Å²) in [4.78, 5) is 13.6. The highest BCUT2D eigenvalue weighted by Crippen LogP contribution is 2.68. The van der Waals surface area contributed by atoms with E-state index in [0.717, 1.165) is 43.8 Å². The van der Waals surface area contributed by atoms with E-state index in [1.54, 1.807) is 0 Å². The van der Waals surface area contributed by atoms with Crippen LogP contribution in [0.15, 0.2) is 34.0 Å². The molecule has 0 saturated heterocycles. The van der Waals surface area contributed by atoms with Gasteiger partial charge in [-0.05, 0) is 97.9 Å². The van der Waals surface area contributed by atoms with Crippen molar-refractivity contribution in [1.82, 2.24) is 5.12 Å². The summed E-state index contributed by atoms with van der Waals surface area (Å²) in [5, 5.41) is 9.25. The Morgan fingerprint density at radius 1 is 1.16 bits per heavy atom. The minimum Gasteiger partial charge on any atom is -0.384 e. The number of fused-ring (bicyclic) bond motifs is 5. The van der Waals surface area contributed by atoms with E-state index in [1.807, 2.05) is 7.11 Å². The number of hydrogen-bond donors (Lipinski definition) is 0. The van der Waals surface area contributed by atoms with Crippen LogP contribution in [0.25, 0.3) is 0 Å². The van der Waals surface area contributed by atoms with Gasteiger partial charge in [-0.25, -0.2) is 8.78 Å². The summed E-state index contributed by atoms with van der Waals surface area (Å²) in [6, 6.07) is 0. The second-order valence-electron chi connectivity index (χ2n) is 12.8. The number of hydrazone groups is 2. The first kappa shape index (κ1) is 26.7. The minimum absolute atomic E-state index is 0.0247. The number of halogens is 2. The van der Waals surface area contributed by atoms with Crippen molar-refractivity contribution in [1.29, 1.82) is 0 Å². The first-order valence-corrected chi connectivity index (χ1v) is 14.3. The lowest BCUT2D eigenvalue weighted by molar-refractivity contribution is -0.154. The molecule has 0 amide bonds. The second kappa shape index (κ2) is 10.3. The van der Waals surface area contributed by atoms with Crippen molar-refractivity contribution >= 4 is 18.2 Å². The van der Waals surface area contributed by atoms with Crippen molar-refractivity contribution in [2.45, 2.75) is 78.1 Å². The topological polar surface area (TPSA) is 54.3 Å². The van der Waals surface area contributed by atoms with Crippen LogP contribution in [0.5, 0.6) is 0 Å². The molecule has 4 saturated carbocycles. The van der Waals surface area contributed by atoms with Crippen LogP contribution in [0.1, 0.15) is 78.1 Å². The number of hydrogen-bond acceptors (Lipinski definition) is 5. The highest BCUT2D eigenvalue weighted by Gasteiger charge is 2.62. The van der Waals surface area contributed by atoms with E-state index < -0.39 is 11.7 Å². The predicted octanol–water partition coefficient (Wildman–Crippen LogP) is 6.86. The highest BCUT2D eigenvalue weighted by molar-refractivity contribution is 6.00. The van der Waals surface area contributed by atoms with Gasteiger partial charge in [-0.3, -0.25) is 4.79 Å². The Bertz CT molecular complexity index is 1010. The molecule has 0 aromatic heterocycles. The number of ether oxygens (including phenoxy) is 1. The maximum atomic E-state index is 14.2. The maximum Gasteiger partial charge on any atom is 0.159 e. The van der Waals surface area contributed by atoms with Gasteiger partial charge in [-0.2, -0.15) is 15.3 Å². The minimum atomic E-state index is -0.731. The van der Waals surface area contributed by atoms with Gasteiger partial charge in [0.1, 0.15) is 23.9 Å². The van der Waals surface area contributed by atoms with E-state index in [0.29, 0.717) is 23.2 Å². The Balaban J connectivity index is 1.31. The zero-order chi connectivity index (χ0) is 26.4. The van der Waals surface area contributed by atoms with Gasteiger partial charge in [-0.1, -0.05) is 20.3 Å². The SMILES string of the molecule is C=NN(CC(=O)C1CCC2C3CCC4CC(C)CCC4(COC)C3CCC12C)/N=C1\CC=C(F)C=C1F. The largest absolute Gasteiger partial charge is 0.384 e. The zero-order valence-electron chi connectivity index (χ0n) is 22.7. The lowest BCUT2D eigenvalue weighted by Crippen LogP contribution is -2.56. The molecule has 5 rings (SSSR count). The van der Waals surface area contributed by atoms with Gasteiger partial charge in [0, 0.05) is 32.2 Å². The summed E-state index contributed by atoms with van der Waals surface area (Å²) < 4.78 is 33.4. The molecule has 7 heteroatoms. The molecule has 0 radical (unpaired) electrons. The fourth-order valence-electron chi connectivity index (χ4n) is 9.49. The number of Topliss-reactive ketones (excluding diaryl/α,β-unsaturated/α-hetero) is 1. The fraction of sp³-hybridized carbons (Fsp3) is 0.767. The van der Waals surface area contributed by atoms with E-state index in [1.165, 1.54) is 49.7 Å². The Morgan fingerprint density at radius 3 is 2.70 bits per heavy atom. The van der Waals surface area contributed by atoms with Gasteiger partial charge < -0.3 is 4.74 Å². The van der Waals surface area contributed by atoms with Crippen LogP contribution in [0.4, 0.5) is 8.78 Å². The number of carbonyl (C=O) groups excluding carboxylic acids is 1. The molecule has 5 nitrogen and oxygen atoms in total. The second-order valence-corrected chi connectivity index (χ2v) is 12.8. The Hall–Kier alpha value is -1.89. The molecule has 0 bridgehead atoms. The standard InChI is InChI=1S/C30H43F2N3O2/c1-19-11-14-30(18-37-4)20(15-19)5-7-22-23-8-9-25(29(23,2)13-12-24(22)30)28(36)17-35(33-3)34-27-10-6-21(31)16-26(27)32/h6,16,19-20,22-25H,3,5,7-15,17-18H2,1-2,4H3/b34-27+. The molecule has 5 aliphatic rings. The van der Waals surface area contributed by atoms with Crippen LogP contribution >= 0.6 is 0 Å². The van der Waals surface area contributed by atoms with E-state index in [4.69, 9.17) is 4.74 Å². The number of rotatable bonds is 7. The molecule has 0 aromatic carbocycles. The van der Waals surface area contributed by atoms with Crippen LogP contribution in [0.2, 0.25) is 0 Å². The van der Waals surface area contributed by atoms with Gasteiger partial charge in [0.25, 0.3) is 0 Å². The molecule has 0 aliphatic heterocycles. The molecule has 0 N–H and O–H groups in total. The van der Waals surface area contributed by atoms with Gasteiger partial charge in [0.05, 0.1) is 6.61 Å². The molecule has 0 heterocycles. The summed E-state index contributed by atoms with van der Waals surface area (Å²) in [5.74, 6) is 2.20. The molecule has 37 heavy (non-hydrogen) atoms. The third kappa shape index (κ3) is 4.63. The van der Waals surface area contributed by atoms with E-state index in [-0.39, 0.29) is 35.8 Å². The summed E-state index contributed by atoms with van der Waals surface area (Å²) >= 11 is 0. The lowest BCUT2D eigenvalue weighted by atomic mass is 9.44. The van der Waals surface area contributed by atoms with Crippen molar-refractivity contribution in [2.75, 3.05) is 20.3 Å². The third-order valence-electron chi connectivity index (χ3n) is 11.2. The molecule has 4 fully saturated rings. The molecule has 8 atom stereocenters. The summed E-state index contributed by atoms with van der Waals surface area (Å²) in [6.45, 7) is 9.15. The van der Waals surface area contributed by atoms with Gasteiger partial charge in [0.15, 0.2) is 5.78 Å². The number of nitrogens with zero attached hydrogens (tertiary/aromatic N) is 3. The highest BCUT2D eigenvalue weighted by atomic mass is 19.1. The van der Waals surface area contributed by atoms with E-state index in [2.05, 4.69) is 30.8 Å². The third-order valence-corrected chi connectivity index (χ3v) is 11.2. The maximum absolute atomic E-state index is 14.2. The summed E-state index contributed by atoms with van der Waals surface area (Å²) in [6.07, 6.45) is 12.8. The Kier molecular flexibility index (Phi) is 7.47. The molecule has 8 unspecified atom stereocenters. The molecular weight excluding hydrogens is 472 g/mol. The van der Waals surface area contributed by atoms with Crippen molar-refractivity contribution < 1.29 is 18.3 Å². The Labute approximate surface area is 220 Å². The number of carbonyl (C=O) groups is 1. The molecule has 0 spiro atoms. The fourth-order valence-corrected chi connectivity index (χ4v) is 9.49. The number of ketones is 1. The molecular formula is C30H43F2N3O2. The summed E-state index contributed by atoms with van der Waals surface area (Å²) in [5.41, 5.74) is 0.349.